The fourth-order valence-corrected chi connectivity index (χ4v) is 2.23. The molecule has 1 amide bonds. The van der Waals surface area contributed by atoms with Gasteiger partial charge in [-0.25, -0.2) is 9.97 Å². The third kappa shape index (κ3) is 4.59. The first kappa shape index (κ1) is 16.0. The van der Waals surface area contributed by atoms with Gasteiger partial charge in [0.05, 0.1) is 19.0 Å². The molecule has 0 saturated carbocycles. The second-order valence-corrected chi connectivity index (χ2v) is 5.05. The Balaban J connectivity index is 2.04. The van der Waals surface area contributed by atoms with Crippen molar-refractivity contribution in [2.75, 3.05) is 20.8 Å². The normalized spacial score (nSPS) is 10.1. The average Bonchev–Trinajstić information content (AvgIpc) is 2.58. The van der Waals surface area contributed by atoms with Gasteiger partial charge in [0.25, 0.3) is 5.91 Å². The molecular formula is C14H16N4O3S. The van der Waals surface area contributed by atoms with Gasteiger partial charge in [0.15, 0.2) is 23.3 Å². The summed E-state index contributed by atoms with van der Waals surface area (Å²) in [6.45, 7) is -0.0781. The highest BCUT2D eigenvalue weighted by Crippen LogP contribution is 2.28. The number of hydrogen-bond acceptors (Lipinski definition) is 7. The highest BCUT2D eigenvalue weighted by atomic mass is 32.2. The van der Waals surface area contributed by atoms with E-state index in [0.717, 1.165) is 5.69 Å². The lowest BCUT2D eigenvalue weighted by molar-refractivity contribution is -0.122. The molecule has 0 aromatic carbocycles. The van der Waals surface area contributed by atoms with E-state index in [1.165, 1.54) is 18.9 Å². The minimum absolute atomic E-state index is 0.0781. The van der Waals surface area contributed by atoms with Crippen molar-refractivity contribution in [3.63, 3.8) is 0 Å². The third-order valence-corrected chi connectivity index (χ3v) is 3.55. The zero-order chi connectivity index (χ0) is 15.8. The number of nitrogens with one attached hydrogen (secondary N) is 1. The molecule has 2 heterocycles. The number of rotatable bonds is 7. The Hall–Kier alpha value is -2.35. The number of pyridine rings is 1. The molecule has 2 aromatic heterocycles. The van der Waals surface area contributed by atoms with Crippen molar-refractivity contribution in [3.8, 4) is 11.5 Å². The first-order valence-electron chi connectivity index (χ1n) is 6.49. The summed E-state index contributed by atoms with van der Waals surface area (Å²) < 4.78 is 10.6. The Bertz CT molecular complexity index is 625. The molecule has 22 heavy (non-hydrogen) atoms. The maximum Gasteiger partial charge on any atom is 0.257 e. The van der Waals surface area contributed by atoms with Gasteiger partial charge in [-0.2, -0.15) is 0 Å². The van der Waals surface area contributed by atoms with Crippen LogP contribution in [-0.2, 0) is 10.5 Å². The zero-order valence-corrected chi connectivity index (χ0v) is 13.1. The first-order chi connectivity index (χ1) is 10.7. The van der Waals surface area contributed by atoms with Crippen LogP contribution in [0.4, 0.5) is 0 Å². The van der Waals surface area contributed by atoms with Gasteiger partial charge in [0.1, 0.15) is 0 Å². The average molecular weight is 320 g/mol. The van der Waals surface area contributed by atoms with Crippen LogP contribution in [0.2, 0.25) is 0 Å². The third-order valence-electron chi connectivity index (χ3n) is 2.64. The Labute approximate surface area is 132 Å². The Morgan fingerprint density at radius 3 is 2.73 bits per heavy atom. The zero-order valence-electron chi connectivity index (χ0n) is 12.3. The van der Waals surface area contributed by atoms with Crippen molar-refractivity contribution >= 4 is 17.7 Å². The van der Waals surface area contributed by atoms with Crippen LogP contribution < -0.4 is 14.8 Å². The molecule has 0 aliphatic heterocycles. The number of nitrogens with zero attached hydrogens (tertiary/aromatic N) is 3. The molecule has 2 rings (SSSR count). The molecule has 1 N–H and O–H groups in total. The minimum atomic E-state index is -0.215. The number of hydrogen-bond donors (Lipinski definition) is 1. The molecule has 0 fully saturated rings. The summed E-state index contributed by atoms with van der Waals surface area (Å²) in [5.74, 6) is 1.33. The van der Waals surface area contributed by atoms with Crippen molar-refractivity contribution in [2.24, 2.45) is 0 Å². The first-order valence-corrected chi connectivity index (χ1v) is 7.47. The highest BCUT2D eigenvalue weighted by molar-refractivity contribution is 7.98. The van der Waals surface area contributed by atoms with Crippen LogP contribution in [0.5, 0.6) is 11.5 Å². The molecule has 7 nitrogen and oxygen atoms in total. The van der Waals surface area contributed by atoms with Gasteiger partial charge in [-0.3, -0.25) is 9.78 Å². The van der Waals surface area contributed by atoms with Gasteiger partial charge in [-0.1, -0.05) is 11.8 Å². The van der Waals surface area contributed by atoms with Crippen LogP contribution in [0, 0.1) is 0 Å². The SMILES string of the molecule is CNC(=O)COc1cc(CSc2ncccn2)ncc1OC. The number of amides is 1. The molecule has 0 bridgehead atoms. The van der Waals surface area contributed by atoms with Crippen molar-refractivity contribution in [1.29, 1.82) is 0 Å². The fourth-order valence-electron chi connectivity index (χ4n) is 1.52. The maximum atomic E-state index is 11.3. The quantitative estimate of drug-likeness (QED) is 0.608. The van der Waals surface area contributed by atoms with Crippen LogP contribution >= 0.6 is 11.8 Å². The number of carbonyl (C=O) groups is 1. The maximum absolute atomic E-state index is 11.3. The molecule has 0 spiro atoms. The molecule has 2 aromatic rings. The molecule has 0 saturated heterocycles. The summed E-state index contributed by atoms with van der Waals surface area (Å²) >= 11 is 1.46. The van der Waals surface area contributed by atoms with E-state index < -0.39 is 0 Å². The molecule has 0 unspecified atom stereocenters. The van der Waals surface area contributed by atoms with Crippen molar-refractivity contribution in [2.45, 2.75) is 10.9 Å². The summed E-state index contributed by atoms with van der Waals surface area (Å²) in [5, 5.41) is 3.17. The van der Waals surface area contributed by atoms with Crippen molar-refractivity contribution in [1.82, 2.24) is 20.3 Å². The lowest BCUT2D eigenvalue weighted by Crippen LogP contribution is -2.25. The van der Waals surface area contributed by atoms with Crippen LogP contribution in [0.3, 0.4) is 0 Å². The number of carbonyl (C=O) groups excluding carboxylic acids is 1. The molecule has 116 valence electrons. The summed E-state index contributed by atoms with van der Waals surface area (Å²) in [4.78, 5) is 23.8. The summed E-state index contributed by atoms with van der Waals surface area (Å²) in [7, 11) is 3.08. The standard InChI is InChI=1S/C14H16N4O3S/c1-15-13(19)8-21-11-6-10(18-7-12(11)20-2)9-22-14-16-4-3-5-17-14/h3-7H,8-9H2,1-2H3,(H,15,19). The van der Waals surface area contributed by atoms with Crippen molar-refractivity contribution < 1.29 is 14.3 Å². The lowest BCUT2D eigenvalue weighted by Gasteiger charge is -2.11. The van der Waals surface area contributed by atoms with Gasteiger partial charge in [0.2, 0.25) is 0 Å². The Morgan fingerprint density at radius 1 is 1.27 bits per heavy atom. The summed E-state index contributed by atoms with van der Waals surface area (Å²) in [6.07, 6.45) is 4.95. The van der Waals surface area contributed by atoms with E-state index >= 15 is 0 Å². The van der Waals surface area contributed by atoms with Crippen LogP contribution in [0.15, 0.2) is 35.9 Å². The van der Waals surface area contributed by atoms with Crippen molar-refractivity contribution in [3.05, 3.63) is 36.4 Å². The van der Waals surface area contributed by atoms with Crippen LogP contribution in [0.25, 0.3) is 0 Å². The number of thioether (sulfide) groups is 1. The highest BCUT2D eigenvalue weighted by Gasteiger charge is 2.10. The smallest absolute Gasteiger partial charge is 0.257 e. The molecule has 8 heteroatoms. The molecule has 0 aliphatic rings. The van der Waals surface area contributed by atoms with Gasteiger partial charge >= 0.3 is 0 Å². The topological polar surface area (TPSA) is 86.2 Å². The number of aromatic nitrogens is 3. The van der Waals surface area contributed by atoms with E-state index in [0.29, 0.717) is 22.4 Å². The van der Waals surface area contributed by atoms with Gasteiger partial charge < -0.3 is 14.8 Å². The van der Waals surface area contributed by atoms with E-state index in [2.05, 4.69) is 20.3 Å². The second-order valence-electron chi connectivity index (χ2n) is 4.11. The van der Waals surface area contributed by atoms with E-state index in [1.807, 2.05) is 0 Å². The molecule has 0 atom stereocenters. The molecule has 0 aliphatic carbocycles. The fraction of sp³-hybridized carbons (Fsp3) is 0.286. The number of likely N-dealkylation sites (N-methyl/N-ethyl adjacent to an activating group) is 1. The van der Waals surface area contributed by atoms with Gasteiger partial charge in [-0.15, -0.1) is 0 Å². The van der Waals surface area contributed by atoms with Crippen LogP contribution in [-0.4, -0.2) is 41.6 Å². The minimum Gasteiger partial charge on any atom is -0.491 e. The van der Waals surface area contributed by atoms with Gasteiger partial charge in [-0.05, 0) is 6.07 Å². The molecular weight excluding hydrogens is 304 g/mol. The van der Waals surface area contributed by atoms with E-state index in [1.54, 1.807) is 37.8 Å². The van der Waals surface area contributed by atoms with E-state index in [4.69, 9.17) is 9.47 Å². The largest absolute Gasteiger partial charge is 0.491 e. The predicted octanol–water partition coefficient (Wildman–Crippen LogP) is 1.30. The van der Waals surface area contributed by atoms with E-state index in [-0.39, 0.29) is 12.5 Å². The van der Waals surface area contributed by atoms with Gasteiger partial charge in [0, 0.05) is 31.3 Å². The molecule has 0 radical (unpaired) electrons. The summed E-state index contributed by atoms with van der Waals surface area (Å²) in [6, 6.07) is 3.51. The second kappa shape index (κ2) is 8.18. The number of ether oxygens (including phenoxy) is 2. The Kier molecular flexibility index (Phi) is 5.96. The number of methoxy groups -OCH3 is 1. The summed E-state index contributed by atoms with van der Waals surface area (Å²) in [5.41, 5.74) is 0.783. The lowest BCUT2D eigenvalue weighted by atomic mass is 10.3. The predicted molar refractivity (Wildman–Crippen MR) is 81.9 cm³/mol. The monoisotopic (exact) mass is 320 g/mol. The van der Waals surface area contributed by atoms with E-state index in [9.17, 15) is 4.79 Å². The Morgan fingerprint density at radius 2 is 2.05 bits per heavy atom. The van der Waals surface area contributed by atoms with Crippen LogP contribution in [0.1, 0.15) is 5.69 Å².